The fourth-order valence-corrected chi connectivity index (χ4v) is 2.99. The molecule has 19 heavy (non-hydrogen) atoms. The van der Waals surface area contributed by atoms with Gasteiger partial charge < -0.3 is 10.3 Å². The number of hydrogen-bond donors (Lipinski definition) is 1. The summed E-state index contributed by atoms with van der Waals surface area (Å²) in [6.07, 6.45) is 0. The van der Waals surface area contributed by atoms with Gasteiger partial charge in [-0.1, -0.05) is 35.5 Å². The van der Waals surface area contributed by atoms with E-state index in [1.807, 2.05) is 44.2 Å². The molecule has 3 aromatic rings. The zero-order chi connectivity index (χ0) is 13.4. The van der Waals surface area contributed by atoms with Crippen LogP contribution in [0.3, 0.4) is 0 Å². The largest absolute Gasteiger partial charge is 0.380 e. The first-order valence-corrected chi connectivity index (χ1v) is 6.73. The van der Waals surface area contributed by atoms with E-state index in [-0.39, 0.29) is 0 Å². The maximum atomic E-state index is 5.95. The number of aromatic nitrogens is 2. The van der Waals surface area contributed by atoms with Crippen LogP contribution in [-0.2, 0) is 0 Å². The third-order valence-corrected chi connectivity index (χ3v) is 3.96. The predicted octanol–water partition coefficient (Wildman–Crippen LogP) is 3.66. The third kappa shape index (κ3) is 2.02. The molecule has 0 saturated heterocycles. The van der Waals surface area contributed by atoms with Crippen LogP contribution < -0.4 is 5.73 Å². The summed E-state index contributed by atoms with van der Waals surface area (Å²) in [5.74, 6) is 1.11. The first-order chi connectivity index (χ1) is 9.16. The minimum absolute atomic E-state index is 0.409. The maximum Gasteiger partial charge on any atom is 0.188 e. The van der Waals surface area contributed by atoms with Crippen LogP contribution in [0.4, 0.5) is 5.82 Å². The smallest absolute Gasteiger partial charge is 0.188 e. The molecule has 2 N–H and O–H groups in total. The Balaban J connectivity index is 2.22. The summed E-state index contributed by atoms with van der Waals surface area (Å²) in [6.45, 7) is 3.94. The number of anilines is 1. The number of benzene rings is 1. The van der Waals surface area contributed by atoms with Gasteiger partial charge in [-0.3, -0.25) is 0 Å². The van der Waals surface area contributed by atoms with Gasteiger partial charge in [0.1, 0.15) is 0 Å². The lowest BCUT2D eigenvalue weighted by atomic mass is 10.0. The summed E-state index contributed by atoms with van der Waals surface area (Å²) in [7, 11) is 0. The molecule has 4 nitrogen and oxygen atoms in total. The summed E-state index contributed by atoms with van der Waals surface area (Å²) < 4.78 is 5.43. The van der Waals surface area contributed by atoms with Crippen molar-refractivity contribution in [3.63, 3.8) is 0 Å². The van der Waals surface area contributed by atoms with Crippen molar-refractivity contribution < 1.29 is 4.52 Å². The molecular weight excluding hydrogens is 258 g/mol. The lowest BCUT2D eigenvalue weighted by molar-refractivity contribution is 0.436. The Morgan fingerprint density at radius 1 is 1.16 bits per heavy atom. The molecule has 0 fully saturated rings. The van der Waals surface area contributed by atoms with Crippen LogP contribution >= 0.6 is 11.3 Å². The van der Waals surface area contributed by atoms with Crippen LogP contribution in [0, 0.1) is 13.8 Å². The summed E-state index contributed by atoms with van der Waals surface area (Å²) in [6, 6.07) is 9.90. The van der Waals surface area contributed by atoms with Crippen molar-refractivity contribution in [2.45, 2.75) is 13.8 Å². The molecule has 0 radical (unpaired) electrons. The molecule has 2 heterocycles. The second-order valence-corrected chi connectivity index (χ2v) is 5.49. The summed E-state index contributed by atoms with van der Waals surface area (Å²) in [5, 5.41) is 4.90. The highest BCUT2D eigenvalue weighted by molar-refractivity contribution is 7.15. The van der Waals surface area contributed by atoms with Gasteiger partial charge >= 0.3 is 0 Å². The quantitative estimate of drug-likeness (QED) is 0.772. The van der Waals surface area contributed by atoms with Crippen molar-refractivity contribution in [3.05, 3.63) is 41.0 Å². The Morgan fingerprint density at radius 3 is 2.53 bits per heavy atom. The number of nitrogen functional groups attached to an aromatic ring is 1. The summed E-state index contributed by atoms with van der Waals surface area (Å²) >= 11 is 1.59. The van der Waals surface area contributed by atoms with Crippen LogP contribution in [0.5, 0.6) is 0 Å². The molecule has 96 valence electrons. The van der Waals surface area contributed by atoms with Crippen LogP contribution in [0.15, 0.2) is 34.9 Å². The van der Waals surface area contributed by atoms with Crippen LogP contribution in [0.25, 0.3) is 21.8 Å². The molecule has 3 rings (SSSR count). The fourth-order valence-electron chi connectivity index (χ4n) is 2.08. The molecule has 2 aromatic heterocycles. The minimum atomic E-state index is 0.409. The fraction of sp³-hybridized carbons (Fsp3) is 0.143. The molecule has 0 spiro atoms. The monoisotopic (exact) mass is 271 g/mol. The molecule has 0 bridgehead atoms. The van der Waals surface area contributed by atoms with E-state index in [0.717, 1.165) is 26.7 Å². The van der Waals surface area contributed by atoms with E-state index in [2.05, 4.69) is 10.1 Å². The van der Waals surface area contributed by atoms with E-state index in [4.69, 9.17) is 10.3 Å². The van der Waals surface area contributed by atoms with E-state index in [0.29, 0.717) is 11.6 Å². The molecule has 0 aliphatic rings. The van der Waals surface area contributed by atoms with Gasteiger partial charge in [0.25, 0.3) is 0 Å². The molecule has 0 unspecified atom stereocenters. The Kier molecular flexibility index (Phi) is 2.83. The number of nitrogens with two attached hydrogens (primary N) is 1. The van der Waals surface area contributed by atoms with Crippen molar-refractivity contribution in [2.75, 3.05) is 5.73 Å². The zero-order valence-corrected chi connectivity index (χ0v) is 11.5. The first kappa shape index (κ1) is 11.9. The van der Waals surface area contributed by atoms with Gasteiger partial charge in [-0.2, -0.15) is 0 Å². The van der Waals surface area contributed by atoms with Crippen molar-refractivity contribution in [3.8, 4) is 21.8 Å². The van der Waals surface area contributed by atoms with Gasteiger partial charge in [0, 0.05) is 0 Å². The Morgan fingerprint density at radius 2 is 1.89 bits per heavy atom. The van der Waals surface area contributed by atoms with Crippen LogP contribution in [0.2, 0.25) is 0 Å². The zero-order valence-electron chi connectivity index (χ0n) is 10.7. The predicted molar refractivity (Wildman–Crippen MR) is 76.9 cm³/mol. The first-order valence-electron chi connectivity index (χ1n) is 5.92. The molecule has 0 amide bonds. The maximum absolute atomic E-state index is 5.95. The second-order valence-electron chi connectivity index (χ2n) is 4.29. The summed E-state index contributed by atoms with van der Waals surface area (Å²) in [4.78, 5) is 5.41. The van der Waals surface area contributed by atoms with Gasteiger partial charge in [0.15, 0.2) is 11.6 Å². The number of nitrogens with zero attached hydrogens (tertiary/aromatic N) is 2. The third-order valence-electron chi connectivity index (χ3n) is 2.89. The highest BCUT2D eigenvalue weighted by Crippen LogP contribution is 2.40. The van der Waals surface area contributed by atoms with Gasteiger partial charge in [0.2, 0.25) is 0 Å². The van der Waals surface area contributed by atoms with E-state index in [1.54, 1.807) is 11.3 Å². The van der Waals surface area contributed by atoms with Gasteiger partial charge in [0.05, 0.1) is 21.1 Å². The van der Waals surface area contributed by atoms with Crippen molar-refractivity contribution >= 4 is 17.2 Å². The molecule has 1 aromatic carbocycles. The van der Waals surface area contributed by atoms with Crippen molar-refractivity contribution in [1.29, 1.82) is 0 Å². The van der Waals surface area contributed by atoms with Crippen molar-refractivity contribution in [1.82, 2.24) is 10.1 Å². The SMILES string of the molecule is Cc1nc(C)c(-c2onc(N)c2-c2ccccc2)s1. The standard InChI is InChI=1S/C14H13N3OS/c1-8-13(19-9(2)16-8)12-11(14(15)17-18-12)10-6-4-3-5-7-10/h3-7H,1-2H3,(H2,15,17). The van der Waals surface area contributed by atoms with Gasteiger partial charge in [-0.15, -0.1) is 11.3 Å². The topological polar surface area (TPSA) is 64.9 Å². The van der Waals surface area contributed by atoms with Crippen LogP contribution in [-0.4, -0.2) is 10.1 Å². The van der Waals surface area contributed by atoms with Crippen LogP contribution in [0.1, 0.15) is 10.7 Å². The van der Waals surface area contributed by atoms with E-state index < -0.39 is 0 Å². The highest BCUT2D eigenvalue weighted by atomic mass is 32.1. The molecule has 0 saturated carbocycles. The average molecular weight is 271 g/mol. The highest BCUT2D eigenvalue weighted by Gasteiger charge is 2.21. The molecule has 0 atom stereocenters. The molecule has 0 aliphatic carbocycles. The van der Waals surface area contributed by atoms with E-state index in [1.165, 1.54) is 0 Å². The van der Waals surface area contributed by atoms with E-state index in [9.17, 15) is 0 Å². The Hall–Kier alpha value is -2.14. The van der Waals surface area contributed by atoms with E-state index >= 15 is 0 Å². The Bertz CT molecular complexity index is 716. The molecule has 5 heteroatoms. The van der Waals surface area contributed by atoms with Gasteiger partial charge in [-0.25, -0.2) is 4.98 Å². The Labute approximate surface area is 114 Å². The minimum Gasteiger partial charge on any atom is -0.380 e. The number of rotatable bonds is 2. The number of aryl methyl sites for hydroxylation is 2. The molecular formula is C14H13N3OS. The number of hydrogen-bond acceptors (Lipinski definition) is 5. The second kappa shape index (κ2) is 4.51. The summed E-state index contributed by atoms with van der Waals surface area (Å²) in [5.41, 5.74) is 8.73. The lowest BCUT2D eigenvalue weighted by Gasteiger charge is -2.01. The normalized spacial score (nSPS) is 10.8. The van der Waals surface area contributed by atoms with Gasteiger partial charge in [-0.05, 0) is 19.4 Å². The van der Waals surface area contributed by atoms with Crippen molar-refractivity contribution in [2.24, 2.45) is 0 Å². The molecule has 0 aliphatic heterocycles. The lowest BCUT2D eigenvalue weighted by Crippen LogP contribution is -1.88. The average Bonchev–Trinajstić information content (AvgIpc) is 2.93. The number of thiazole rings is 1.